The molecule has 0 saturated heterocycles. The summed E-state index contributed by atoms with van der Waals surface area (Å²) >= 11 is 6.81. The molecule has 0 aliphatic carbocycles. The van der Waals surface area contributed by atoms with Crippen LogP contribution in [0.15, 0.2) is 44.3 Å². The van der Waals surface area contributed by atoms with E-state index in [0.29, 0.717) is 20.2 Å². The van der Waals surface area contributed by atoms with E-state index in [1.165, 1.54) is 18.2 Å². The molecule has 0 saturated carbocycles. The zero-order valence-corrected chi connectivity index (χ0v) is 14.8. The van der Waals surface area contributed by atoms with E-state index >= 15 is 0 Å². The van der Waals surface area contributed by atoms with Crippen LogP contribution < -0.4 is 5.32 Å². The lowest BCUT2D eigenvalue weighted by Gasteiger charge is -2.15. The van der Waals surface area contributed by atoms with Gasteiger partial charge in [-0.3, -0.25) is 4.99 Å². The van der Waals surface area contributed by atoms with Crippen LogP contribution >= 0.6 is 31.9 Å². The van der Waals surface area contributed by atoms with Gasteiger partial charge >= 0.3 is 0 Å². The van der Waals surface area contributed by atoms with Gasteiger partial charge in [-0.1, -0.05) is 6.07 Å². The third-order valence-corrected chi connectivity index (χ3v) is 5.50. The van der Waals surface area contributed by atoms with E-state index in [4.69, 9.17) is 0 Å². The first-order valence-electron chi connectivity index (χ1n) is 6.72. The number of halogens is 4. The highest BCUT2D eigenvalue weighted by Gasteiger charge is 2.26. The van der Waals surface area contributed by atoms with Gasteiger partial charge in [0.15, 0.2) is 0 Å². The van der Waals surface area contributed by atoms with E-state index in [1.54, 1.807) is 12.1 Å². The summed E-state index contributed by atoms with van der Waals surface area (Å²) in [4.78, 5) is 15.5. The van der Waals surface area contributed by atoms with Crippen LogP contribution in [0.3, 0.4) is 0 Å². The average Bonchev–Trinajstić information content (AvgIpc) is 2.71. The fraction of sp³-hybridized carbons (Fsp3) is 0.125. The Balaban J connectivity index is 2.31. The number of carbonyl (C=O) groups is 1. The van der Waals surface area contributed by atoms with Crippen LogP contribution in [0.2, 0.25) is 0 Å². The lowest BCUT2D eigenvalue weighted by molar-refractivity contribution is -0.108. The van der Waals surface area contributed by atoms with Crippen LogP contribution in [0.25, 0.3) is 0 Å². The summed E-state index contributed by atoms with van der Waals surface area (Å²) in [5, 5.41) is 3.04. The van der Waals surface area contributed by atoms with Crippen molar-refractivity contribution in [3.8, 4) is 0 Å². The number of hydrogen-bond donors (Lipinski definition) is 1. The van der Waals surface area contributed by atoms with Gasteiger partial charge in [-0.2, -0.15) is 0 Å². The Morgan fingerprint density at radius 2 is 1.83 bits per heavy atom. The molecule has 0 fully saturated rings. The highest BCUT2D eigenvalue weighted by Crippen LogP contribution is 2.36. The second kappa shape index (κ2) is 6.49. The van der Waals surface area contributed by atoms with Crippen molar-refractivity contribution in [2.24, 2.45) is 4.99 Å². The SMILES string of the molecule is O=CC1CN=C(c2c(F)cccc2F)c2c(ccc(Br)c2Br)N1. The maximum atomic E-state index is 14.2. The molecule has 1 aliphatic heterocycles. The summed E-state index contributed by atoms with van der Waals surface area (Å²) < 4.78 is 29.8. The first-order chi connectivity index (χ1) is 11.0. The summed E-state index contributed by atoms with van der Waals surface area (Å²) in [6.45, 7) is 0.0886. The van der Waals surface area contributed by atoms with E-state index in [9.17, 15) is 13.6 Å². The molecule has 1 atom stereocenters. The molecule has 0 amide bonds. The third-order valence-electron chi connectivity index (χ3n) is 3.48. The number of aldehydes is 1. The molecule has 2 aromatic carbocycles. The number of benzodiazepines with no additional fused rings is 1. The number of benzene rings is 2. The Morgan fingerprint density at radius 1 is 1.13 bits per heavy atom. The van der Waals surface area contributed by atoms with Crippen LogP contribution in [0.5, 0.6) is 0 Å². The Labute approximate surface area is 148 Å². The Kier molecular flexibility index (Phi) is 4.59. The predicted molar refractivity (Wildman–Crippen MR) is 92.2 cm³/mol. The molecule has 0 radical (unpaired) electrons. The monoisotopic (exact) mass is 442 g/mol. The van der Waals surface area contributed by atoms with Crippen LogP contribution in [0, 0.1) is 11.6 Å². The van der Waals surface area contributed by atoms with Gasteiger partial charge in [0.05, 0.1) is 17.8 Å². The molecule has 3 nitrogen and oxygen atoms in total. The molecule has 23 heavy (non-hydrogen) atoms. The van der Waals surface area contributed by atoms with Gasteiger partial charge in [0.25, 0.3) is 0 Å². The second-order valence-electron chi connectivity index (χ2n) is 4.96. The molecule has 0 bridgehead atoms. The van der Waals surface area contributed by atoms with Crippen molar-refractivity contribution < 1.29 is 13.6 Å². The largest absolute Gasteiger partial charge is 0.373 e. The molecule has 7 heteroatoms. The van der Waals surface area contributed by atoms with Crippen LogP contribution in [0.1, 0.15) is 11.1 Å². The lowest BCUT2D eigenvalue weighted by atomic mass is 9.99. The first-order valence-corrected chi connectivity index (χ1v) is 8.30. The summed E-state index contributed by atoms with van der Waals surface area (Å²) in [5.74, 6) is -1.41. The van der Waals surface area contributed by atoms with Crippen LogP contribution in [-0.2, 0) is 4.79 Å². The minimum Gasteiger partial charge on any atom is -0.373 e. The van der Waals surface area contributed by atoms with E-state index in [0.717, 1.165) is 6.29 Å². The third kappa shape index (κ3) is 2.95. The molecular formula is C16H10Br2F2N2O. The number of nitrogens with one attached hydrogen (secondary N) is 1. The molecule has 1 unspecified atom stereocenters. The van der Waals surface area contributed by atoms with Gasteiger partial charge < -0.3 is 10.1 Å². The van der Waals surface area contributed by atoms with E-state index in [2.05, 4.69) is 42.2 Å². The lowest BCUT2D eigenvalue weighted by Crippen LogP contribution is -2.23. The molecule has 0 aromatic heterocycles. The van der Waals surface area contributed by atoms with E-state index < -0.39 is 17.7 Å². The second-order valence-corrected chi connectivity index (χ2v) is 6.60. The minimum absolute atomic E-state index is 0.0886. The average molecular weight is 444 g/mol. The topological polar surface area (TPSA) is 41.5 Å². The van der Waals surface area contributed by atoms with Crippen molar-refractivity contribution in [3.05, 3.63) is 62.0 Å². The molecule has 0 spiro atoms. The van der Waals surface area contributed by atoms with E-state index in [-0.39, 0.29) is 17.8 Å². The first kappa shape index (κ1) is 16.3. The molecular weight excluding hydrogens is 434 g/mol. The maximum Gasteiger partial charge on any atom is 0.144 e. The van der Waals surface area contributed by atoms with Gasteiger partial charge in [-0.05, 0) is 56.1 Å². The zero-order valence-electron chi connectivity index (χ0n) is 11.6. The van der Waals surface area contributed by atoms with Crippen LogP contribution in [0.4, 0.5) is 14.5 Å². The summed E-state index contributed by atoms with van der Waals surface area (Å²) in [6.07, 6.45) is 0.726. The quantitative estimate of drug-likeness (QED) is 0.702. The Morgan fingerprint density at radius 3 is 2.48 bits per heavy atom. The van der Waals surface area contributed by atoms with Crippen molar-refractivity contribution in [1.29, 1.82) is 0 Å². The fourth-order valence-corrected chi connectivity index (χ4v) is 3.29. The van der Waals surface area contributed by atoms with Gasteiger partial charge in [-0.15, -0.1) is 0 Å². The maximum absolute atomic E-state index is 14.2. The fourth-order valence-electron chi connectivity index (χ4n) is 2.42. The molecule has 3 rings (SSSR count). The summed E-state index contributed by atoms with van der Waals surface area (Å²) in [6, 6.07) is 6.62. The number of hydrogen-bond acceptors (Lipinski definition) is 3. The van der Waals surface area contributed by atoms with Crippen LogP contribution in [-0.4, -0.2) is 24.6 Å². The zero-order chi connectivity index (χ0) is 16.6. The number of aliphatic imine (C=N–C) groups is 1. The van der Waals surface area contributed by atoms with E-state index in [1.807, 2.05) is 0 Å². The molecule has 2 aromatic rings. The number of carbonyl (C=O) groups excluding carboxylic acids is 1. The number of nitrogens with zero attached hydrogens (tertiary/aromatic N) is 1. The van der Waals surface area contributed by atoms with Gasteiger partial charge in [-0.25, -0.2) is 8.78 Å². The smallest absolute Gasteiger partial charge is 0.144 e. The number of anilines is 1. The number of rotatable bonds is 2. The Bertz CT molecular complexity index is 804. The van der Waals surface area contributed by atoms with Gasteiger partial charge in [0.2, 0.25) is 0 Å². The molecule has 1 N–H and O–H groups in total. The molecule has 118 valence electrons. The van der Waals surface area contributed by atoms with Gasteiger partial charge in [0, 0.05) is 20.2 Å². The number of fused-ring (bicyclic) bond motifs is 1. The predicted octanol–water partition coefficient (Wildman–Crippen LogP) is 4.32. The van der Waals surface area contributed by atoms with Crippen molar-refractivity contribution in [1.82, 2.24) is 0 Å². The summed E-state index contributed by atoms with van der Waals surface area (Å²) in [7, 11) is 0. The Hall–Kier alpha value is -1.60. The molecule has 1 aliphatic rings. The highest BCUT2D eigenvalue weighted by molar-refractivity contribution is 9.13. The summed E-state index contributed by atoms with van der Waals surface area (Å²) in [5.41, 5.74) is 1.05. The molecule has 1 heterocycles. The highest BCUT2D eigenvalue weighted by atomic mass is 79.9. The van der Waals surface area contributed by atoms with Crippen molar-refractivity contribution in [3.63, 3.8) is 0 Å². The minimum atomic E-state index is -0.703. The van der Waals surface area contributed by atoms with Gasteiger partial charge in [0.1, 0.15) is 24.0 Å². The standard InChI is InChI=1S/C16H10Br2F2N2O/c17-9-4-5-12-14(15(9)18)16(21-6-8(7-23)22-12)13-10(19)2-1-3-11(13)20/h1-5,7-8,22H,6H2. The normalized spacial score (nSPS) is 16.9. The van der Waals surface area contributed by atoms with Crippen molar-refractivity contribution in [2.75, 3.05) is 11.9 Å². The van der Waals surface area contributed by atoms with Crippen molar-refractivity contribution in [2.45, 2.75) is 6.04 Å². The van der Waals surface area contributed by atoms with Crippen molar-refractivity contribution >= 4 is 49.5 Å².